The zero-order valence-electron chi connectivity index (χ0n) is 13.9. The van der Waals surface area contributed by atoms with Gasteiger partial charge in [-0.15, -0.1) is 0 Å². The maximum Gasteiger partial charge on any atom is 0.161 e. The van der Waals surface area contributed by atoms with E-state index in [2.05, 4.69) is 6.92 Å². The first-order valence-electron chi connectivity index (χ1n) is 8.20. The van der Waals surface area contributed by atoms with Crippen molar-refractivity contribution in [1.29, 1.82) is 0 Å². The molecule has 120 valence electrons. The molecule has 3 heteroatoms. The van der Waals surface area contributed by atoms with Gasteiger partial charge in [0.2, 0.25) is 0 Å². The van der Waals surface area contributed by atoms with Crippen molar-refractivity contribution < 1.29 is 9.47 Å². The summed E-state index contributed by atoms with van der Waals surface area (Å²) in [5.74, 6) is 1.51. The Balaban J connectivity index is 2.33. The highest BCUT2D eigenvalue weighted by molar-refractivity contribution is 5.43. The summed E-state index contributed by atoms with van der Waals surface area (Å²) < 4.78 is 10.6. The van der Waals surface area contributed by atoms with Gasteiger partial charge in [-0.1, -0.05) is 57.9 Å². The summed E-state index contributed by atoms with van der Waals surface area (Å²) >= 11 is 0. The van der Waals surface area contributed by atoms with Crippen molar-refractivity contribution in [3.63, 3.8) is 0 Å². The third-order valence-electron chi connectivity index (χ3n) is 3.95. The molecule has 1 unspecified atom stereocenters. The van der Waals surface area contributed by atoms with Crippen LogP contribution < -0.4 is 15.2 Å². The van der Waals surface area contributed by atoms with E-state index in [-0.39, 0.29) is 6.04 Å². The van der Waals surface area contributed by atoms with Crippen molar-refractivity contribution in [2.24, 2.45) is 5.73 Å². The highest BCUT2D eigenvalue weighted by Gasteiger charge is 2.10. The topological polar surface area (TPSA) is 44.5 Å². The van der Waals surface area contributed by atoms with Gasteiger partial charge >= 0.3 is 0 Å². The summed E-state index contributed by atoms with van der Waals surface area (Å²) in [7, 11) is 3.31. The molecule has 0 fully saturated rings. The van der Waals surface area contributed by atoms with E-state index in [1.807, 2.05) is 18.2 Å². The van der Waals surface area contributed by atoms with E-state index in [4.69, 9.17) is 15.2 Å². The van der Waals surface area contributed by atoms with Crippen molar-refractivity contribution in [3.05, 3.63) is 23.8 Å². The van der Waals surface area contributed by atoms with E-state index in [9.17, 15) is 0 Å². The summed E-state index contributed by atoms with van der Waals surface area (Å²) in [5, 5.41) is 0. The first-order chi connectivity index (χ1) is 10.2. The molecule has 21 heavy (non-hydrogen) atoms. The quantitative estimate of drug-likeness (QED) is 0.593. The molecular weight excluding hydrogens is 262 g/mol. The fourth-order valence-corrected chi connectivity index (χ4v) is 2.57. The van der Waals surface area contributed by atoms with Crippen LogP contribution in [0.2, 0.25) is 0 Å². The van der Waals surface area contributed by atoms with Gasteiger partial charge in [0.25, 0.3) is 0 Å². The number of ether oxygens (including phenoxy) is 2. The Morgan fingerprint density at radius 3 is 2.14 bits per heavy atom. The third kappa shape index (κ3) is 6.38. The van der Waals surface area contributed by atoms with E-state index in [1.165, 1.54) is 44.9 Å². The molecule has 0 aromatic heterocycles. The molecule has 0 bridgehead atoms. The highest BCUT2D eigenvalue weighted by atomic mass is 16.5. The first kappa shape index (κ1) is 17.8. The number of methoxy groups -OCH3 is 2. The Morgan fingerprint density at radius 1 is 0.905 bits per heavy atom. The van der Waals surface area contributed by atoms with Crippen LogP contribution in [-0.4, -0.2) is 14.2 Å². The van der Waals surface area contributed by atoms with Crippen LogP contribution >= 0.6 is 0 Å². The van der Waals surface area contributed by atoms with Gasteiger partial charge in [0.15, 0.2) is 11.5 Å². The number of rotatable bonds is 11. The van der Waals surface area contributed by atoms with Crippen LogP contribution in [0.25, 0.3) is 0 Å². The van der Waals surface area contributed by atoms with Crippen molar-refractivity contribution in [1.82, 2.24) is 0 Å². The van der Waals surface area contributed by atoms with E-state index in [0.717, 1.165) is 23.5 Å². The lowest BCUT2D eigenvalue weighted by atomic mass is 10.00. The van der Waals surface area contributed by atoms with Crippen molar-refractivity contribution in [3.8, 4) is 11.5 Å². The lowest BCUT2D eigenvalue weighted by molar-refractivity contribution is 0.354. The van der Waals surface area contributed by atoms with Gasteiger partial charge < -0.3 is 15.2 Å². The standard InChI is InChI=1S/C18H31NO2/c1-4-5-6-7-8-9-10-11-16(19)15-12-13-17(20-2)18(14-15)21-3/h12-14,16H,4-11,19H2,1-3H3. The lowest BCUT2D eigenvalue weighted by Gasteiger charge is -2.15. The van der Waals surface area contributed by atoms with Crippen LogP contribution in [0.1, 0.15) is 69.9 Å². The lowest BCUT2D eigenvalue weighted by Crippen LogP contribution is -2.10. The number of unbranched alkanes of at least 4 members (excludes halogenated alkanes) is 6. The van der Waals surface area contributed by atoms with E-state index >= 15 is 0 Å². The summed E-state index contributed by atoms with van der Waals surface area (Å²) in [6, 6.07) is 6.04. The Labute approximate surface area is 129 Å². The molecule has 0 aliphatic carbocycles. The van der Waals surface area contributed by atoms with Crippen LogP contribution in [0.5, 0.6) is 11.5 Å². The Hall–Kier alpha value is -1.22. The number of nitrogens with two attached hydrogens (primary N) is 1. The fourth-order valence-electron chi connectivity index (χ4n) is 2.57. The molecular formula is C18H31NO2. The molecule has 0 aliphatic rings. The number of hydrogen-bond acceptors (Lipinski definition) is 3. The minimum atomic E-state index is 0.0837. The molecule has 0 spiro atoms. The molecule has 3 nitrogen and oxygen atoms in total. The van der Waals surface area contributed by atoms with Crippen LogP contribution in [0.3, 0.4) is 0 Å². The zero-order valence-corrected chi connectivity index (χ0v) is 13.9. The summed E-state index contributed by atoms with van der Waals surface area (Å²) in [4.78, 5) is 0. The highest BCUT2D eigenvalue weighted by Crippen LogP contribution is 2.30. The van der Waals surface area contributed by atoms with Gasteiger partial charge in [0.05, 0.1) is 14.2 Å². The summed E-state index contributed by atoms with van der Waals surface area (Å²) in [6.07, 6.45) is 10.3. The molecule has 1 rings (SSSR count). The van der Waals surface area contributed by atoms with Crippen LogP contribution in [0.4, 0.5) is 0 Å². The number of hydrogen-bond donors (Lipinski definition) is 1. The molecule has 0 saturated heterocycles. The second kappa shape index (κ2) is 10.5. The van der Waals surface area contributed by atoms with Crippen LogP contribution in [0, 0.1) is 0 Å². The average molecular weight is 293 g/mol. The molecule has 0 saturated carbocycles. The first-order valence-corrected chi connectivity index (χ1v) is 8.20. The van der Waals surface area contributed by atoms with Crippen LogP contribution in [-0.2, 0) is 0 Å². The summed E-state index contributed by atoms with van der Waals surface area (Å²) in [5.41, 5.74) is 7.40. The average Bonchev–Trinajstić information content (AvgIpc) is 2.53. The zero-order chi connectivity index (χ0) is 15.5. The molecule has 0 heterocycles. The van der Waals surface area contributed by atoms with Crippen LogP contribution in [0.15, 0.2) is 18.2 Å². The monoisotopic (exact) mass is 293 g/mol. The van der Waals surface area contributed by atoms with E-state index in [0.29, 0.717) is 0 Å². The van der Waals surface area contributed by atoms with Gasteiger partial charge in [-0.2, -0.15) is 0 Å². The molecule has 1 atom stereocenters. The normalized spacial score (nSPS) is 12.2. The minimum Gasteiger partial charge on any atom is -0.493 e. The maximum absolute atomic E-state index is 6.28. The SMILES string of the molecule is CCCCCCCCCC(N)c1ccc(OC)c(OC)c1. The van der Waals surface area contributed by atoms with Crippen molar-refractivity contribution in [2.45, 2.75) is 64.3 Å². The Morgan fingerprint density at radius 2 is 1.52 bits per heavy atom. The van der Waals surface area contributed by atoms with Gasteiger partial charge in [0.1, 0.15) is 0 Å². The number of benzene rings is 1. The van der Waals surface area contributed by atoms with Gasteiger partial charge in [0, 0.05) is 6.04 Å². The minimum absolute atomic E-state index is 0.0837. The van der Waals surface area contributed by atoms with Crippen molar-refractivity contribution >= 4 is 0 Å². The Bertz CT molecular complexity index is 393. The van der Waals surface area contributed by atoms with Gasteiger partial charge in [-0.25, -0.2) is 0 Å². The Kier molecular flexibility index (Phi) is 8.91. The maximum atomic E-state index is 6.28. The fraction of sp³-hybridized carbons (Fsp3) is 0.667. The molecule has 2 N–H and O–H groups in total. The predicted molar refractivity (Wildman–Crippen MR) is 89.1 cm³/mol. The largest absolute Gasteiger partial charge is 0.493 e. The second-order valence-electron chi connectivity index (χ2n) is 5.63. The molecule has 0 aliphatic heterocycles. The predicted octanol–water partition coefficient (Wildman–Crippen LogP) is 4.84. The van der Waals surface area contributed by atoms with E-state index in [1.54, 1.807) is 14.2 Å². The summed E-state index contributed by atoms with van der Waals surface area (Å²) in [6.45, 7) is 2.25. The van der Waals surface area contributed by atoms with Crippen molar-refractivity contribution in [2.75, 3.05) is 14.2 Å². The third-order valence-corrected chi connectivity index (χ3v) is 3.95. The smallest absolute Gasteiger partial charge is 0.161 e. The molecule has 0 amide bonds. The van der Waals surface area contributed by atoms with Gasteiger partial charge in [-0.3, -0.25) is 0 Å². The second-order valence-corrected chi connectivity index (χ2v) is 5.63. The van der Waals surface area contributed by atoms with Gasteiger partial charge in [-0.05, 0) is 24.1 Å². The molecule has 0 radical (unpaired) electrons. The molecule has 1 aromatic carbocycles. The van der Waals surface area contributed by atoms with E-state index < -0.39 is 0 Å². The molecule has 1 aromatic rings.